The number of halogens is 1. The normalized spacial score (nSPS) is 12.1. The molecule has 0 spiro atoms. The van der Waals surface area contributed by atoms with Crippen molar-refractivity contribution in [3.8, 4) is 11.5 Å². The van der Waals surface area contributed by atoms with E-state index in [4.69, 9.17) is 9.47 Å². The molecule has 0 unspecified atom stereocenters. The maximum Gasteiger partial charge on any atom is 0.161 e. The van der Waals surface area contributed by atoms with Crippen molar-refractivity contribution in [1.82, 2.24) is 5.32 Å². The first-order valence-electron chi connectivity index (χ1n) is 4.51. The minimum absolute atomic E-state index is 0. The van der Waals surface area contributed by atoms with Crippen LogP contribution in [-0.4, -0.2) is 20.8 Å². The van der Waals surface area contributed by atoms with Crippen LogP contribution in [0.1, 0.15) is 0 Å². The van der Waals surface area contributed by atoms with Gasteiger partial charge in [0.25, 0.3) is 0 Å². The number of ether oxygens (including phenoxy) is 2. The molecule has 15 heavy (non-hydrogen) atoms. The molecule has 3 nitrogen and oxygen atoms in total. The Morgan fingerprint density at radius 3 is 2.27 bits per heavy atom. The SMILES string of the molecule is COc1cc2c(cc1OC)=CNCC=2.Cl. The highest BCUT2D eigenvalue weighted by molar-refractivity contribution is 5.85. The van der Waals surface area contributed by atoms with Gasteiger partial charge in [0, 0.05) is 18.0 Å². The number of hydrogen-bond acceptors (Lipinski definition) is 3. The standard InChI is InChI=1S/C11H13NO2.ClH/c1-13-10-5-8-3-4-12-7-9(8)6-11(10)14-2;/h3,5-7,12H,4H2,1-2H3;1H. The third-order valence-electron chi connectivity index (χ3n) is 2.29. The number of hydrogen-bond donors (Lipinski definition) is 1. The fourth-order valence-corrected chi connectivity index (χ4v) is 1.55. The Kier molecular flexibility index (Phi) is 3.86. The van der Waals surface area contributed by atoms with Crippen molar-refractivity contribution in [1.29, 1.82) is 0 Å². The van der Waals surface area contributed by atoms with Crippen LogP contribution in [0.25, 0.3) is 12.3 Å². The van der Waals surface area contributed by atoms with Crippen LogP contribution in [0, 0.1) is 0 Å². The summed E-state index contributed by atoms with van der Waals surface area (Å²) in [5.74, 6) is 1.54. The van der Waals surface area contributed by atoms with Gasteiger partial charge in [0.2, 0.25) is 0 Å². The number of nitrogens with one attached hydrogen (secondary N) is 1. The van der Waals surface area contributed by atoms with Gasteiger partial charge in [-0.25, -0.2) is 0 Å². The third-order valence-corrected chi connectivity index (χ3v) is 2.29. The molecule has 4 heteroatoms. The lowest BCUT2D eigenvalue weighted by atomic mass is 10.2. The fourth-order valence-electron chi connectivity index (χ4n) is 1.55. The van der Waals surface area contributed by atoms with Gasteiger partial charge in [-0.15, -0.1) is 12.4 Å². The zero-order valence-corrected chi connectivity index (χ0v) is 9.56. The van der Waals surface area contributed by atoms with Crippen molar-refractivity contribution in [3.05, 3.63) is 22.6 Å². The Morgan fingerprint density at radius 1 is 1.07 bits per heavy atom. The zero-order valence-electron chi connectivity index (χ0n) is 8.74. The summed E-state index contributed by atoms with van der Waals surface area (Å²) in [6, 6.07) is 3.96. The molecule has 82 valence electrons. The molecule has 0 atom stereocenters. The molecule has 0 bridgehead atoms. The first kappa shape index (κ1) is 11.7. The fraction of sp³-hybridized carbons (Fsp3) is 0.273. The molecule has 0 aromatic heterocycles. The molecule has 0 saturated carbocycles. The summed E-state index contributed by atoms with van der Waals surface area (Å²) >= 11 is 0. The van der Waals surface area contributed by atoms with Crippen LogP contribution in [0.2, 0.25) is 0 Å². The van der Waals surface area contributed by atoms with E-state index in [1.165, 1.54) is 5.22 Å². The summed E-state index contributed by atoms with van der Waals surface area (Å²) in [6.07, 6.45) is 4.11. The predicted octanol–water partition coefficient (Wildman–Crippen LogP) is 0.247. The van der Waals surface area contributed by atoms with Gasteiger partial charge in [-0.2, -0.15) is 0 Å². The highest BCUT2D eigenvalue weighted by Gasteiger charge is 2.04. The molecule has 1 aliphatic heterocycles. The molecule has 0 saturated heterocycles. The lowest BCUT2D eigenvalue weighted by molar-refractivity contribution is 0.354. The number of methoxy groups -OCH3 is 2. The molecule has 2 rings (SSSR count). The zero-order chi connectivity index (χ0) is 9.97. The number of rotatable bonds is 2. The van der Waals surface area contributed by atoms with E-state index in [-0.39, 0.29) is 12.4 Å². The maximum absolute atomic E-state index is 5.22. The van der Waals surface area contributed by atoms with Crippen molar-refractivity contribution in [2.75, 3.05) is 20.8 Å². The molecule has 1 N–H and O–H groups in total. The van der Waals surface area contributed by atoms with E-state index < -0.39 is 0 Å². The van der Waals surface area contributed by atoms with Gasteiger partial charge in [0.15, 0.2) is 11.5 Å². The topological polar surface area (TPSA) is 30.5 Å². The summed E-state index contributed by atoms with van der Waals surface area (Å²) in [5, 5.41) is 5.47. The average molecular weight is 228 g/mol. The Morgan fingerprint density at radius 2 is 1.67 bits per heavy atom. The van der Waals surface area contributed by atoms with Crippen LogP contribution >= 0.6 is 12.4 Å². The molecule has 1 aromatic carbocycles. The predicted molar refractivity (Wildman–Crippen MR) is 63.0 cm³/mol. The molecule has 0 aliphatic carbocycles. The van der Waals surface area contributed by atoms with Crippen LogP contribution in [-0.2, 0) is 0 Å². The lowest BCUT2D eigenvalue weighted by Crippen LogP contribution is -2.32. The van der Waals surface area contributed by atoms with Crippen molar-refractivity contribution in [2.24, 2.45) is 0 Å². The summed E-state index contributed by atoms with van der Waals surface area (Å²) in [5.41, 5.74) is 0. The van der Waals surface area contributed by atoms with Crippen molar-refractivity contribution in [2.45, 2.75) is 0 Å². The Balaban J connectivity index is 0.00000112. The molecule has 1 aromatic rings. The second-order valence-corrected chi connectivity index (χ2v) is 3.09. The average Bonchev–Trinajstić information content (AvgIpc) is 2.27. The second kappa shape index (κ2) is 4.94. The van der Waals surface area contributed by atoms with Crippen LogP contribution < -0.4 is 25.2 Å². The summed E-state index contributed by atoms with van der Waals surface area (Å²) < 4.78 is 10.4. The number of benzene rings is 1. The summed E-state index contributed by atoms with van der Waals surface area (Å²) in [7, 11) is 3.29. The lowest BCUT2D eigenvalue weighted by Gasteiger charge is -2.09. The van der Waals surface area contributed by atoms with Crippen molar-refractivity contribution >= 4 is 24.7 Å². The van der Waals surface area contributed by atoms with Gasteiger partial charge in [0.1, 0.15) is 0 Å². The van der Waals surface area contributed by atoms with Crippen molar-refractivity contribution in [3.63, 3.8) is 0 Å². The van der Waals surface area contributed by atoms with E-state index in [0.29, 0.717) is 0 Å². The smallest absolute Gasteiger partial charge is 0.161 e. The molecule has 0 radical (unpaired) electrons. The Bertz CT molecular complexity index is 413. The van der Waals surface area contributed by atoms with Crippen LogP contribution in [0.5, 0.6) is 11.5 Å². The van der Waals surface area contributed by atoms with Crippen LogP contribution in [0.3, 0.4) is 0 Å². The summed E-state index contributed by atoms with van der Waals surface area (Å²) in [6.45, 7) is 0.864. The van der Waals surface area contributed by atoms with Gasteiger partial charge in [0.05, 0.1) is 14.2 Å². The van der Waals surface area contributed by atoms with Gasteiger partial charge in [-0.05, 0) is 17.4 Å². The highest BCUT2D eigenvalue weighted by atomic mass is 35.5. The third kappa shape index (κ3) is 2.18. The van der Waals surface area contributed by atoms with E-state index >= 15 is 0 Å². The molecule has 0 fully saturated rings. The molecule has 1 aliphatic rings. The van der Waals surface area contributed by atoms with Crippen molar-refractivity contribution < 1.29 is 9.47 Å². The molecular formula is C11H14ClNO2. The molecule has 0 amide bonds. The molecule has 1 heterocycles. The van der Waals surface area contributed by atoms with E-state index in [2.05, 4.69) is 11.4 Å². The van der Waals surface area contributed by atoms with Gasteiger partial charge in [-0.1, -0.05) is 6.08 Å². The van der Waals surface area contributed by atoms with E-state index in [1.54, 1.807) is 14.2 Å². The monoisotopic (exact) mass is 227 g/mol. The van der Waals surface area contributed by atoms with E-state index in [9.17, 15) is 0 Å². The second-order valence-electron chi connectivity index (χ2n) is 3.09. The van der Waals surface area contributed by atoms with Gasteiger partial charge >= 0.3 is 0 Å². The minimum atomic E-state index is 0. The van der Waals surface area contributed by atoms with Gasteiger partial charge < -0.3 is 14.8 Å². The summed E-state index contributed by atoms with van der Waals surface area (Å²) in [4.78, 5) is 0. The first-order valence-corrected chi connectivity index (χ1v) is 4.51. The van der Waals surface area contributed by atoms with E-state index in [1.807, 2.05) is 18.3 Å². The Labute approximate surface area is 94.8 Å². The van der Waals surface area contributed by atoms with Gasteiger partial charge in [-0.3, -0.25) is 0 Å². The number of fused-ring (bicyclic) bond motifs is 1. The quantitative estimate of drug-likeness (QED) is 0.786. The van der Waals surface area contributed by atoms with E-state index in [0.717, 1.165) is 23.3 Å². The van der Waals surface area contributed by atoms with Crippen LogP contribution in [0.4, 0.5) is 0 Å². The highest BCUT2D eigenvalue weighted by Crippen LogP contribution is 2.21. The minimum Gasteiger partial charge on any atom is -0.493 e. The first-order chi connectivity index (χ1) is 6.85. The maximum atomic E-state index is 5.22. The molecular weight excluding hydrogens is 214 g/mol. The largest absolute Gasteiger partial charge is 0.493 e. The van der Waals surface area contributed by atoms with Crippen LogP contribution in [0.15, 0.2) is 12.1 Å². The Hall–Kier alpha value is -1.35.